The van der Waals surface area contributed by atoms with E-state index in [9.17, 15) is 4.79 Å². The predicted molar refractivity (Wildman–Crippen MR) is 42.0 cm³/mol. The normalized spacial score (nSPS) is 11.5. The van der Waals surface area contributed by atoms with Crippen LogP contribution in [0.2, 0.25) is 0 Å². The summed E-state index contributed by atoms with van der Waals surface area (Å²) in [5.41, 5.74) is 5.39. The average molecular weight is 152 g/mol. The molecule has 0 fully saturated rings. The van der Waals surface area contributed by atoms with Gasteiger partial charge in [0.05, 0.1) is 5.56 Å². The van der Waals surface area contributed by atoms with Gasteiger partial charge in [0.15, 0.2) is 11.3 Å². The summed E-state index contributed by atoms with van der Waals surface area (Å²) in [4.78, 5) is 13.7. The number of hydrogen-bond acceptors (Lipinski definition) is 3. The number of amidine groups is 1. The van der Waals surface area contributed by atoms with Crippen molar-refractivity contribution in [1.29, 1.82) is 0 Å². The smallest absolute Gasteiger partial charge is 0.192 e. The summed E-state index contributed by atoms with van der Waals surface area (Å²) in [5, 5.41) is 3.19. The summed E-state index contributed by atoms with van der Waals surface area (Å²) in [6, 6.07) is 1.35. The molecule has 5 heteroatoms. The van der Waals surface area contributed by atoms with Crippen LogP contribution in [0.1, 0.15) is 5.56 Å². The van der Waals surface area contributed by atoms with Crippen molar-refractivity contribution in [2.75, 3.05) is 0 Å². The summed E-state index contributed by atoms with van der Waals surface area (Å²) in [7, 11) is 0. The van der Waals surface area contributed by atoms with E-state index in [0.29, 0.717) is 0 Å². The first-order chi connectivity index (χ1) is 5.25. The lowest BCUT2D eigenvalue weighted by Crippen LogP contribution is -2.23. The molecule has 0 aliphatic rings. The van der Waals surface area contributed by atoms with E-state index in [4.69, 9.17) is 11.6 Å². The molecular formula is C6H8N4O. The van der Waals surface area contributed by atoms with Gasteiger partial charge in [0, 0.05) is 18.5 Å². The molecule has 1 rings (SSSR count). The van der Waals surface area contributed by atoms with Gasteiger partial charge in [0.1, 0.15) is 0 Å². The van der Waals surface area contributed by atoms with E-state index in [0.717, 1.165) is 0 Å². The molecule has 0 saturated heterocycles. The summed E-state index contributed by atoms with van der Waals surface area (Å²) in [6.45, 7) is 0. The second-order valence-corrected chi connectivity index (χ2v) is 1.94. The van der Waals surface area contributed by atoms with Gasteiger partial charge in [-0.3, -0.25) is 4.79 Å². The molecule has 0 aliphatic carbocycles. The van der Waals surface area contributed by atoms with Gasteiger partial charge in [-0.15, -0.1) is 0 Å². The van der Waals surface area contributed by atoms with Gasteiger partial charge >= 0.3 is 0 Å². The van der Waals surface area contributed by atoms with Crippen LogP contribution in [0.5, 0.6) is 0 Å². The second kappa shape index (κ2) is 2.87. The summed E-state index contributed by atoms with van der Waals surface area (Å²) < 4.78 is 0. The maximum absolute atomic E-state index is 11.0. The lowest BCUT2D eigenvalue weighted by Gasteiger charge is -1.94. The highest BCUT2D eigenvalue weighted by Crippen LogP contribution is 1.84. The van der Waals surface area contributed by atoms with Crippen LogP contribution in [-0.2, 0) is 0 Å². The molecule has 0 aliphatic heterocycles. The Balaban J connectivity index is 3.25. The third kappa shape index (κ3) is 1.37. The van der Waals surface area contributed by atoms with Crippen LogP contribution in [-0.4, -0.2) is 10.8 Å². The van der Waals surface area contributed by atoms with Crippen molar-refractivity contribution in [1.82, 2.24) is 4.98 Å². The molecule has 58 valence electrons. The Labute approximate surface area is 62.7 Å². The molecule has 11 heavy (non-hydrogen) atoms. The lowest BCUT2D eigenvalue weighted by atomic mass is 10.2. The average Bonchev–Trinajstić information content (AvgIpc) is 2.04. The number of nitrogens with one attached hydrogen (secondary N) is 1. The number of hydrogen-bond donors (Lipinski definition) is 3. The standard InChI is InChI=1S/C6H8N4O/c7-6(10-8)4-3-9-2-1-5(4)11/h1-3H,8H2,(H2,7,10)(H,9,11). The first-order valence-electron chi connectivity index (χ1n) is 2.96. The van der Waals surface area contributed by atoms with Crippen molar-refractivity contribution in [2.45, 2.75) is 0 Å². The number of hydrazone groups is 1. The number of rotatable bonds is 1. The van der Waals surface area contributed by atoms with Crippen LogP contribution in [0.3, 0.4) is 0 Å². The number of aromatic nitrogens is 1. The maximum atomic E-state index is 11.0. The quantitative estimate of drug-likeness (QED) is 0.207. The van der Waals surface area contributed by atoms with Crippen LogP contribution in [0.4, 0.5) is 0 Å². The van der Waals surface area contributed by atoms with Crippen molar-refractivity contribution in [3.63, 3.8) is 0 Å². The molecule has 0 saturated carbocycles. The molecule has 0 radical (unpaired) electrons. The fourth-order valence-corrected chi connectivity index (χ4v) is 0.686. The minimum Gasteiger partial charge on any atom is -0.382 e. The highest BCUT2D eigenvalue weighted by molar-refractivity contribution is 5.96. The summed E-state index contributed by atoms with van der Waals surface area (Å²) in [6.07, 6.45) is 2.96. The Morgan fingerprint density at radius 2 is 2.36 bits per heavy atom. The maximum Gasteiger partial charge on any atom is 0.192 e. The fourth-order valence-electron chi connectivity index (χ4n) is 0.686. The van der Waals surface area contributed by atoms with Crippen LogP contribution in [0.25, 0.3) is 0 Å². The van der Waals surface area contributed by atoms with E-state index in [-0.39, 0.29) is 16.8 Å². The number of aromatic amines is 1. The molecule has 0 unspecified atom stereocenters. The molecule has 1 heterocycles. The number of H-pyrrole nitrogens is 1. The van der Waals surface area contributed by atoms with E-state index < -0.39 is 0 Å². The molecular weight excluding hydrogens is 144 g/mol. The largest absolute Gasteiger partial charge is 0.382 e. The number of nitrogens with zero attached hydrogens (tertiary/aromatic N) is 1. The highest BCUT2D eigenvalue weighted by Gasteiger charge is 2.00. The van der Waals surface area contributed by atoms with E-state index in [1.165, 1.54) is 18.5 Å². The van der Waals surface area contributed by atoms with Gasteiger partial charge in [-0.05, 0) is 0 Å². The zero-order valence-corrected chi connectivity index (χ0v) is 5.74. The monoisotopic (exact) mass is 152 g/mol. The SMILES string of the molecule is N/N=C(/N)c1c[nH]ccc1=O. The Hall–Kier alpha value is -1.78. The third-order valence-electron chi connectivity index (χ3n) is 1.24. The van der Waals surface area contributed by atoms with E-state index in [1.807, 2.05) is 0 Å². The molecule has 5 N–H and O–H groups in total. The zero-order valence-electron chi connectivity index (χ0n) is 5.74. The summed E-state index contributed by atoms with van der Waals surface area (Å²) in [5.74, 6) is 4.92. The van der Waals surface area contributed by atoms with Crippen molar-refractivity contribution in [2.24, 2.45) is 16.7 Å². The lowest BCUT2D eigenvalue weighted by molar-refractivity contribution is 1.21. The van der Waals surface area contributed by atoms with Gasteiger partial charge in [-0.25, -0.2) is 0 Å². The van der Waals surface area contributed by atoms with Crippen LogP contribution < -0.4 is 17.0 Å². The second-order valence-electron chi connectivity index (χ2n) is 1.94. The minimum atomic E-state index is -0.199. The predicted octanol–water partition coefficient (Wildman–Crippen LogP) is -1.05. The van der Waals surface area contributed by atoms with E-state index in [1.54, 1.807) is 0 Å². The third-order valence-corrected chi connectivity index (χ3v) is 1.24. The zero-order chi connectivity index (χ0) is 8.27. The highest BCUT2D eigenvalue weighted by atomic mass is 16.1. The van der Waals surface area contributed by atoms with Gasteiger partial charge < -0.3 is 16.6 Å². The fraction of sp³-hybridized carbons (Fsp3) is 0. The van der Waals surface area contributed by atoms with Crippen molar-refractivity contribution >= 4 is 5.84 Å². The molecule has 0 bridgehead atoms. The van der Waals surface area contributed by atoms with Crippen molar-refractivity contribution in [3.8, 4) is 0 Å². The molecule has 0 atom stereocenters. The van der Waals surface area contributed by atoms with Crippen molar-refractivity contribution in [3.05, 3.63) is 34.2 Å². The minimum absolute atomic E-state index is 0.0341. The molecule has 1 aromatic rings. The van der Waals surface area contributed by atoms with Crippen LogP contribution >= 0.6 is 0 Å². The number of nitrogens with two attached hydrogens (primary N) is 2. The first kappa shape index (κ1) is 7.33. The van der Waals surface area contributed by atoms with Crippen LogP contribution in [0.15, 0.2) is 28.4 Å². The van der Waals surface area contributed by atoms with Crippen molar-refractivity contribution < 1.29 is 0 Å². The van der Waals surface area contributed by atoms with Gasteiger partial charge in [0.2, 0.25) is 0 Å². The first-order valence-corrected chi connectivity index (χ1v) is 2.96. The van der Waals surface area contributed by atoms with Gasteiger partial charge in [0.25, 0.3) is 0 Å². The Bertz CT molecular complexity index is 327. The molecule has 1 aromatic heterocycles. The van der Waals surface area contributed by atoms with Gasteiger partial charge in [-0.2, -0.15) is 5.10 Å². The molecule has 0 aromatic carbocycles. The Morgan fingerprint density at radius 3 is 2.91 bits per heavy atom. The van der Waals surface area contributed by atoms with E-state index >= 15 is 0 Å². The number of pyridine rings is 1. The molecule has 0 amide bonds. The summed E-state index contributed by atoms with van der Waals surface area (Å²) >= 11 is 0. The Morgan fingerprint density at radius 1 is 1.64 bits per heavy atom. The Kier molecular flexibility index (Phi) is 1.91. The molecule has 0 spiro atoms. The topological polar surface area (TPSA) is 97.3 Å². The van der Waals surface area contributed by atoms with Gasteiger partial charge in [-0.1, -0.05) is 0 Å². The molecule has 5 nitrogen and oxygen atoms in total. The van der Waals surface area contributed by atoms with E-state index in [2.05, 4.69) is 10.1 Å². The van der Waals surface area contributed by atoms with Crippen LogP contribution in [0, 0.1) is 0 Å².